The highest BCUT2D eigenvalue weighted by Gasteiger charge is 2.36. The van der Waals surface area contributed by atoms with E-state index in [1.807, 2.05) is 0 Å². The van der Waals surface area contributed by atoms with Gasteiger partial charge in [-0.2, -0.15) is 0 Å². The molecule has 0 aliphatic carbocycles. The van der Waals surface area contributed by atoms with E-state index in [0.29, 0.717) is 5.04 Å². The minimum atomic E-state index is -1.53. The minimum Gasteiger partial charge on any atom is -0.417 e. The molecule has 0 fully saturated rings. The third kappa shape index (κ3) is 9.74. The van der Waals surface area contributed by atoms with Gasteiger partial charge in [0.1, 0.15) is 0 Å². The molecule has 2 nitrogen and oxygen atoms in total. The third-order valence-electron chi connectivity index (χ3n) is 4.38. The van der Waals surface area contributed by atoms with Gasteiger partial charge in [0.2, 0.25) is 0 Å². The highest BCUT2D eigenvalue weighted by atomic mass is 127. The van der Waals surface area contributed by atoms with E-state index in [2.05, 4.69) is 56.5 Å². The lowest BCUT2D eigenvalue weighted by Gasteiger charge is -2.36. The second kappa shape index (κ2) is 10.6. The molecule has 0 saturated heterocycles. The predicted octanol–water partition coefficient (Wildman–Crippen LogP) is 5.53. The number of alkyl halides is 1. The van der Waals surface area contributed by atoms with Gasteiger partial charge in [-0.05, 0) is 31.0 Å². The Bertz CT molecular complexity index is 239. The van der Waals surface area contributed by atoms with Crippen LogP contribution in [0, 0.1) is 0 Å². The molecule has 4 heteroatoms. The van der Waals surface area contributed by atoms with Gasteiger partial charge in [-0.15, -0.1) is 0 Å². The van der Waals surface area contributed by atoms with Gasteiger partial charge in [-0.3, -0.25) is 0 Å². The van der Waals surface area contributed by atoms with Gasteiger partial charge in [0.25, 0.3) is 0 Å². The molecule has 0 aromatic rings. The van der Waals surface area contributed by atoms with Crippen LogP contribution in [0.4, 0.5) is 0 Å². The zero-order valence-corrected chi connectivity index (χ0v) is 17.3. The van der Waals surface area contributed by atoms with Crippen molar-refractivity contribution in [2.24, 2.45) is 0 Å². The molecule has 0 amide bonds. The Balaban J connectivity index is 3.42. The summed E-state index contributed by atoms with van der Waals surface area (Å²) in [6.07, 6.45) is 8.40. The molecule has 0 aromatic heterocycles. The summed E-state index contributed by atoms with van der Waals surface area (Å²) in [6, 6.07) is 0. The van der Waals surface area contributed by atoms with Gasteiger partial charge < -0.3 is 9.53 Å². The molecule has 0 heterocycles. The second-order valence-electron chi connectivity index (χ2n) is 7.33. The Morgan fingerprint density at radius 3 is 2.00 bits per heavy atom. The zero-order chi connectivity index (χ0) is 15.6. The Hall–Kier alpha value is 0.867. The van der Waals surface area contributed by atoms with Gasteiger partial charge in [-0.25, -0.2) is 0 Å². The summed E-state index contributed by atoms with van der Waals surface area (Å²) < 4.78 is 7.04. The van der Waals surface area contributed by atoms with E-state index in [1.54, 1.807) is 0 Å². The van der Waals surface area contributed by atoms with Crippen molar-refractivity contribution in [3.05, 3.63) is 0 Å². The van der Waals surface area contributed by atoms with Crippen LogP contribution >= 0.6 is 22.6 Å². The van der Waals surface area contributed by atoms with Crippen LogP contribution in [0.1, 0.15) is 65.7 Å². The predicted molar refractivity (Wildman–Crippen MR) is 100 cm³/mol. The Kier molecular flexibility index (Phi) is 11.0. The quantitative estimate of drug-likeness (QED) is 0.208. The Labute approximate surface area is 141 Å². The number of halogens is 1. The van der Waals surface area contributed by atoms with Crippen molar-refractivity contribution in [2.75, 3.05) is 11.0 Å². The van der Waals surface area contributed by atoms with Crippen LogP contribution in [0.2, 0.25) is 18.1 Å². The molecule has 0 bridgehead atoms. The minimum absolute atomic E-state index is 0.0893. The van der Waals surface area contributed by atoms with Crippen molar-refractivity contribution in [3.8, 4) is 0 Å². The van der Waals surface area contributed by atoms with Gasteiger partial charge in [-0.1, -0.05) is 75.5 Å². The molecular formula is C16H35IO2Si. The van der Waals surface area contributed by atoms with Gasteiger partial charge in [0, 0.05) is 11.0 Å². The average Bonchev–Trinajstić information content (AvgIpc) is 2.34. The standard InChI is InChI=1S/C16H35IO2Si/c1-16(2,3)20(4,5)19-13-11-9-7-6-8-10-12-15(18)14-17/h15,18H,6-14H2,1-5H3. The first kappa shape index (κ1) is 20.9. The van der Waals surface area contributed by atoms with Crippen molar-refractivity contribution in [1.29, 1.82) is 0 Å². The molecule has 1 N–H and O–H groups in total. The number of hydrogen-bond acceptors (Lipinski definition) is 2. The first-order chi connectivity index (χ1) is 9.20. The zero-order valence-electron chi connectivity index (χ0n) is 14.2. The van der Waals surface area contributed by atoms with E-state index in [9.17, 15) is 5.11 Å². The SMILES string of the molecule is CC(C)(C)[Si](C)(C)OCCCCCCCCC(O)CI. The molecule has 1 atom stereocenters. The van der Waals surface area contributed by atoms with Gasteiger partial charge in [0.05, 0.1) is 6.10 Å². The molecular weight excluding hydrogens is 379 g/mol. The van der Waals surface area contributed by atoms with E-state index in [-0.39, 0.29) is 6.10 Å². The van der Waals surface area contributed by atoms with Crippen LogP contribution in [0.3, 0.4) is 0 Å². The lowest BCUT2D eigenvalue weighted by Crippen LogP contribution is -2.40. The lowest BCUT2D eigenvalue weighted by molar-refractivity contribution is 0.187. The number of rotatable bonds is 11. The van der Waals surface area contributed by atoms with Crippen molar-refractivity contribution in [3.63, 3.8) is 0 Å². The maximum absolute atomic E-state index is 9.45. The fourth-order valence-corrected chi connectivity index (χ4v) is 3.34. The molecule has 0 aliphatic heterocycles. The molecule has 1 unspecified atom stereocenters. The molecule has 0 rings (SSSR count). The van der Waals surface area contributed by atoms with Crippen LogP contribution in [0.15, 0.2) is 0 Å². The van der Waals surface area contributed by atoms with E-state index < -0.39 is 8.32 Å². The topological polar surface area (TPSA) is 29.5 Å². The summed E-state index contributed by atoms with van der Waals surface area (Å²) >= 11 is 2.25. The maximum atomic E-state index is 9.45. The third-order valence-corrected chi connectivity index (χ3v) is 9.93. The highest BCUT2D eigenvalue weighted by molar-refractivity contribution is 14.1. The molecule has 122 valence electrons. The maximum Gasteiger partial charge on any atom is 0.191 e. The van der Waals surface area contributed by atoms with Crippen LogP contribution in [-0.4, -0.2) is 30.6 Å². The van der Waals surface area contributed by atoms with E-state index in [4.69, 9.17) is 4.43 Å². The summed E-state index contributed by atoms with van der Waals surface area (Å²) in [5.41, 5.74) is 0. The second-order valence-corrected chi connectivity index (χ2v) is 13.0. The monoisotopic (exact) mass is 414 g/mol. The van der Waals surface area contributed by atoms with Gasteiger partial charge in [0.15, 0.2) is 8.32 Å². The van der Waals surface area contributed by atoms with Crippen LogP contribution < -0.4 is 0 Å². The molecule has 0 saturated carbocycles. The molecule has 0 aliphatic rings. The van der Waals surface area contributed by atoms with Crippen molar-refractivity contribution in [1.82, 2.24) is 0 Å². The fourth-order valence-electron chi connectivity index (χ4n) is 1.81. The van der Waals surface area contributed by atoms with Crippen LogP contribution in [-0.2, 0) is 4.43 Å². The first-order valence-corrected chi connectivity index (χ1v) is 12.5. The van der Waals surface area contributed by atoms with Crippen molar-refractivity contribution >= 4 is 30.9 Å². The smallest absolute Gasteiger partial charge is 0.191 e. The number of aliphatic hydroxyl groups is 1. The Morgan fingerprint density at radius 2 is 1.50 bits per heavy atom. The number of hydrogen-bond donors (Lipinski definition) is 1. The van der Waals surface area contributed by atoms with Crippen LogP contribution in [0.25, 0.3) is 0 Å². The number of unbranched alkanes of at least 4 members (excludes halogenated alkanes) is 5. The molecule has 0 radical (unpaired) electrons. The normalized spacial score (nSPS) is 14.6. The summed E-state index contributed by atoms with van der Waals surface area (Å²) in [5.74, 6) is 0. The molecule has 0 aromatic carbocycles. The highest BCUT2D eigenvalue weighted by Crippen LogP contribution is 2.36. The molecule has 0 spiro atoms. The largest absolute Gasteiger partial charge is 0.417 e. The van der Waals surface area contributed by atoms with Gasteiger partial charge >= 0.3 is 0 Å². The van der Waals surface area contributed by atoms with Crippen LogP contribution in [0.5, 0.6) is 0 Å². The Morgan fingerprint density at radius 1 is 1.00 bits per heavy atom. The number of aliphatic hydroxyl groups excluding tert-OH is 1. The van der Waals surface area contributed by atoms with Crippen molar-refractivity contribution in [2.45, 2.75) is 90.0 Å². The molecule has 20 heavy (non-hydrogen) atoms. The van der Waals surface area contributed by atoms with E-state index in [1.165, 1.54) is 38.5 Å². The first-order valence-electron chi connectivity index (χ1n) is 8.08. The fraction of sp³-hybridized carbons (Fsp3) is 1.00. The summed E-state index contributed by atoms with van der Waals surface area (Å²) in [4.78, 5) is 0. The summed E-state index contributed by atoms with van der Waals surface area (Å²) in [5, 5.41) is 9.78. The average molecular weight is 414 g/mol. The van der Waals surface area contributed by atoms with Crippen molar-refractivity contribution < 1.29 is 9.53 Å². The summed E-state index contributed by atoms with van der Waals surface area (Å²) in [6.45, 7) is 12.5. The summed E-state index contributed by atoms with van der Waals surface area (Å²) in [7, 11) is -1.53. The van der Waals surface area contributed by atoms with E-state index in [0.717, 1.165) is 17.5 Å². The van der Waals surface area contributed by atoms with E-state index >= 15 is 0 Å². The lowest BCUT2D eigenvalue weighted by atomic mass is 10.1.